The molecule has 1 fully saturated rings. The van der Waals surface area contributed by atoms with Gasteiger partial charge in [-0.3, -0.25) is 10.1 Å². The van der Waals surface area contributed by atoms with Crippen molar-refractivity contribution in [2.75, 3.05) is 13.6 Å². The molecular weight excluding hydrogens is 228 g/mol. The van der Waals surface area contributed by atoms with E-state index in [1.54, 1.807) is 0 Å². The second-order valence-electron chi connectivity index (χ2n) is 5.92. The Kier molecular flexibility index (Phi) is 5.60. The zero-order chi connectivity index (χ0) is 13.8. The topological polar surface area (TPSA) is 52.6 Å². The van der Waals surface area contributed by atoms with Crippen molar-refractivity contribution >= 4 is 5.97 Å². The summed E-state index contributed by atoms with van der Waals surface area (Å²) in [5.41, 5.74) is -0.723. The zero-order valence-corrected chi connectivity index (χ0v) is 12.2. The van der Waals surface area contributed by atoms with Crippen molar-refractivity contribution < 1.29 is 9.90 Å². The molecule has 0 amide bonds. The first kappa shape index (κ1) is 15.4. The molecule has 1 rings (SSSR count). The first-order chi connectivity index (χ1) is 8.41. The van der Waals surface area contributed by atoms with Crippen LogP contribution in [0.15, 0.2) is 0 Å². The van der Waals surface area contributed by atoms with Crippen LogP contribution < -0.4 is 5.32 Å². The lowest BCUT2D eigenvalue weighted by Crippen LogP contribution is -2.59. The smallest absolute Gasteiger partial charge is 0.323 e. The van der Waals surface area contributed by atoms with E-state index in [2.05, 4.69) is 24.2 Å². The predicted octanol–water partition coefficient (Wildman–Crippen LogP) is 2.09. The Morgan fingerprint density at radius 3 is 2.72 bits per heavy atom. The number of carboxylic acids is 1. The lowest BCUT2D eigenvalue weighted by atomic mass is 9.78. The molecule has 2 atom stereocenters. The summed E-state index contributed by atoms with van der Waals surface area (Å²) in [6, 6.07) is 0.595. The third-order valence-corrected chi connectivity index (χ3v) is 3.90. The summed E-state index contributed by atoms with van der Waals surface area (Å²) >= 11 is 0. The van der Waals surface area contributed by atoms with Crippen molar-refractivity contribution in [2.24, 2.45) is 0 Å². The average Bonchev–Trinajstić information content (AvgIpc) is 2.28. The fourth-order valence-corrected chi connectivity index (χ4v) is 3.10. The summed E-state index contributed by atoms with van der Waals surface area (Å²) in [5.74, 6) is -0.689. The number of nitrogens with one attached hydrogen (secondary N) is 1. The second-order valence-corrected chi connectivity index (χ2v) is 5.92. The van der Waals surface area contributed by atoms with E-state index in [-0.39, 0.29) is 6.04 Å². The van der Waals surface area contributed by atoms with Crippen LogP contribution in [0.25, 0.3) is 0 Å². The Bertz CT molecular complexity index is 281. The van der Waals surface area contributed by atoms with Gasteiger partial charge < -0.3 is 10.0 Å². The first-order valence-electron chi connectivity index (χ1n) is 7.12. The normalized spacial score (nSPS) is 28.9. The maximum Gasteiger partial charge on any atom is 0.323 e. The molecule has 1 saturated carbocycles. The molecule has 2 unspecified atom stereocenters. The van der Waals surface area contributed by atoms with Crippen LogP contribution in [0, 0.1) is 0 Å². The molecule has 0 radical (unpaired) electrons. The van der Waals surface area contributed by atoms with Gasteiger partial charge in [0.15, 0.2) is 0 Å². The maximum atomic E-state index is 11.7. The molecule has 4 heteroatoms. The summed E-state index contributed by atoms with van der Waals surface area (Å²) in [7, 11) is 2.11. The number of carbonyl (C=O) groups is 1. The molecule has 0 bridgehead atoms. The van der Waals surface area contributed by atoms with Crippen molar-refractivity contribution in [1.82, 2.24) is 10.2 Å². The van der Waals surface area contributed by atoms with E-state index in [1.807, 2.05) is 13.8 Å². The van der Waals surface area contributed by atoms with Gasteiger partial charge in [-0.1, -0.05) is 6.92 Å². The minimum absolute atomic E-state index is 0.205. The molecule has 1 aliphatic carbocycles. The van der Waals surface area contributed by atoms with Crippen molar-refractivity contribution in [3.63, 3.8) is 0 Å². The van der Waals surface area contributed by atoms with E-state index in [0.29, 0.717) is 6.04 Å². The van der Waals surface area contributed by atoms with Gasteiger partial charge in [0, 0.05) is 12.1 Å². The van der Waals surface area contributed by atoms with Gasteiger partial charge in [-0.25, -0.2) is 0 Å². The fraction of sp³-hybridized carbons (Fsp3) is 0.929. The van der Waals surface area contributed by atoms with Crippen LogP contribution in [-0.2, 0) is 4.79 Å². The van der Waals surface area contributed by atoms with Crippen molar-refractivity contribution in [3.05, 3.63) is 0 Å². The third-order valence-electron chi connectivity index (χ3n) is 3.90. The highest BCUT2D eigenvalue weighted by Crippen LogP contribution is 2.31. The highest BCUT2D eigenvalue weighted by Gasteiger charge is 2.43. The van der Waals surface area contributed by atoms with Crippen LogP contribution in [0.5, 0.6) is 0 Å². The quantitative estimate of drug-likeness (QED) is 0.764. The van der Waals surface area contributed by atoms with Crippen LogP contribution in [-0.4, -0.2) is 47.2 Å². The number of hydrogen-bond donors (Lipinski definition) is 2. The fourth-order valence-electron chi connectivity index (χ4n) is 3.10. The summed E-state index contributed by atoms with van der Waals surface area (Å²) in [6.45, 7) is 7.24. The zero-order valence-electron chi connectivity index (χ0n) is 12.2. The van der Waals surface area contributed by atoms with E-state index >= 15 is 0 Å². The van der Waals surface area contributed by atoms with E-state index in [4.69, 9.17) is 0 Å². The van der Waals surface area contributed by atoms with Gasteiger partial charge in [0.05, 0.1) is 0 Å². The molecule has 18 heavy (non-hydrogen) atoms. The van der Waals surface area contributed by atoms with Gasteiger partial charge in [-0.2, -0.15) is 0 Å². The molecule has 4 nitrogen and oxygen atoms in total. The van der Waals surface area contributed by atoms with E-state index < -0.39 is 11.5 Å². The molecule has 0 aliphatic heterocycles. The van der Waals surface area contributed by atoms with Crippen LogP contribution >= 0.6 is 0 Å². The van der Waals surface area contributed by atoms with Crippen LogP contribution in [0.3, 0.4) is 0 Å². The van der Waals surface area contributed by atoms with Crippen molar-refractivity contribution in [3.8, 4) is 0 Å². The number of carboxylic acid groups (broad SMARTS) is 1. The SMILES string of the molecule is CCCN(C)C1CCCC(NC(C)C)(C(=O)O)C1. The molecule has 0 aromatic carbocycles. The van der Waals surface area contributed by atoms with Gasteiger partial charge in [-0.05, 0) is 59.5 Å². The molecule has 0 saturated heterocycles. The van der Waals surface area contributed by atoms with Gasteiger partial charge in [0.2, 0.25) is 0 Å². The molecule has 106 valence electrons. The Labute approximate surface area is 111 Å². The highest BCUT2D eigenvalue weighted by atomic mass is 16.4. The lowest BCUT2D eigenvalue weighted by Gasteiger charge is -2.42. The van der Waals surface area contributed by atoms with E-state index in [9.17, 15) is 9.90 Å². The summed E-state index contributed by atoms with van der Waals surface area (Å²) in [4.78, 5) is 14.0. The molecule has 2 N–H and O–H groups in total. The molecule has 0 spiro atoms. The summed E-state index contributed by atoms with van der Waals surface area (Å²) in [5, 5.41) is 12.9. The average molecular weight is 256 g/mol. The highest BCUT2D eigenvalue weighted by molar-refractivity contribution is 5.79. The molecule has 1 aliphatic rings. The Hall–Kier alpha value is -0.610. The maximum absolute atomic E-state index is 11.7. The predicted molar refractivity (Wildman–Crippen MR) is 73.8 cm³/mol. The Morgan fingerprint density at radius 1 is 1.56 bits per heavy atom. The standard InChI is InChI=1S/C14H28N2O2/c1-5-9-16(4)12-7-6-8-14(10-12,13(17)18)15-11(2)3/h11-12,15H,5-10H2,1-4H3,(H,17,18). The van der Waals surface area contributed by atoms with Crippen LogP contribution in [0.4, 0.5) is 0 Å². The first-order valence-corrected chi connectivity index (χ1v) is 7.12. The van der Waals surface area contributed by atoms with Crippen molar-refractivity contribution in [1.29, 1.82) is 0 Å². The number of aliphatic carboxylic acids is 1. The molecular formula is C14H28N2O2. The van der Waals surface area contributed by atoms with Crippen LogP contribution in [0.2, 0.25) is 0 Å². The molecule has 0 aromatic rings. The van der Waals surface area contributed by atoms with Gasteiger partial charge in [0.1, 0.15) is 5.54 Å². The molecule has 0 heterocycles. The van der Waals surface area contributed by atoms with Gasteiger partial charge in [0.25, 0.3) is 0 Å². The second kappa shape index (κ2) is 6.53. The van der Waals surface area contributed by atoms with Crippen LogP contribution in [0.1, 0.15) is 52.9 Å². The summed E-state index contributed by atoms with van der Waals surface area (Å²) < 4.78 is 0. The minimum Gasteiger partial charge on any atom is -0.480 e. The van der Waals surface area contributed by atoms with Gasteiger partial charge >= 0.3 is 5.97 Å². The minimum atomic E-state index is -0.723. The number of rotatable bonds is 6. The Morgan fingerprint density at radius 2 is 2.22 bits per heavy atom. The van der Waals surface area contributed by atoms with Gasteiger partial charge in [-0.15, -0.1) is 0 Å². The van der Waals surface area contributed by atoms with E-state index in [0.717, 1.165) is 38.6 Å². The largest absolute Gasteiger partial charge is 0.480 e. The lowest BCUT2D eigenvalue weighted by molar-refractivity contribution is -0.147. The van der Waals surface area contributed by atoms with E-state index in [1.165, 1.54) is 0 Å². The third kappa shape index (κ3) is 3.69. The summed E-state index contributed by atoms with van der Waals surface area (Å²) in [6.07, 6.45) is 4.69. The number of hydrogen-bond acceptors (Lipinski definition) is 3. The monoisotopic (exact) mass is 256 g/mol. The van der Waals surface area contributed by atoms with Crippen molar-refractivity contribution in [2.45, 2.75) is 70.5 Å². The Balaban J connectivity index is 2.76. The number of nitrogens with zero attached hydrogens (tertiary/aromatic N) is 1. The molecule has 0 aromatic heterocycles.